The van der Waals surface area contributed by atoms with Crippen LogP contribution in [-0.2, 0) is 0 Å². The molecular weight excluding hydrogens is 295 g/mol. The molecule has 0 radical (unpaired) electrons. The van der Waals surface area contributed by atoms with Crippen LogP contribution in [-0.4, -0.2) is 25.4 Å². The molecule has 2 aromatic heterocycles. The molecule has 0 aliphatic carbocycles. The van der Waals surface area contributed by atoms with Crippen LogP contribution < -0.4 is 5.73 Å². The summed E-state index contributed by atoms with van der Waals surface area (Å²) >= 11 is 0. The monoisotopic (exact) mass is 306 g/mol. The summed E-state index contributed by atoms with van der Waals surface area (Å²) in [6.45, 7) is 0. The van der Waals surface area contributed by atoms with E-state index in [9.17, 15) is 4.39 Å². The van der Waals surface area contributed by atoms with Crippen molar-refractivity contribution in [3.63, 3.8) is 0 Å². The van der Waals surface area contributed by atoms with Crippen LogP contribution in [0.2, 0.25) is 0 Å². The minimum Gasteiger partial charge on any atom is -0.366 e. The number of aromatic amines is 1. The lowest BCUT2D eigenvalue weighted by Gasteiger charge is -2.09. The standard InChI is InChI=1S/C16H11FN6/c17-13-10(6-7-12-11(13)8-19-21-12)15-14(20-16(18)23-22-15)9-4-2-1-3-5-9/h1-8H,(H,19,21)(H2,18,20,23). The first kappa shape index (κ1) is 13.3. The van der Waals surface area contributed by atoms with Gasteiger partial charge in [-0.25, -0.2) is 9.37 Å². The average Bonchev–Trinajstić information content (AvgIpc) is 3.06. The smallest absolute Gasteiger partial charge is 0.240 e. The number of hydrogen-bond donors (Lipinski definition) is 2. The Morgan fingerprint density at radius 1 is 0.957 bits per heavy atom. The van der Waals surface area contributed by atoms with E-state index in [4.69, 9.17) is 5.73 Å². The summed E-state index contributed by atoms with van der Waals surface area (Å²) in [4.78, 5) is 4.24. The van der Waals surface area contributed by atoms with Gasteiger partial charge in [-0.1, -0.05) is 30.3 Å². The molecule has 4 rings (SSSR count). The molecule has 0 bridgehead atoms. The Hall–Kier alpha value is -3.35. The van der Waals surface area contributed by atoms with Crippen molar-refractivity contribution in [3.8, 4) is 22.5 Å². The van der Waals surface area contributed by atoms with Crippen LogP contribution >= 0.6 is 0 Å². The second-order valence-electron chi connectivity index (χ2n) is 4.99. The molecule has 0 saturated heterocycles. The van der Waals surface area contributed by atoms with Gasteiger partial charge in [-0.3, -0.25) is 5.10 Å². The molecule has 7 heteroatoms. The van der Waals surface area contributed by atoms with E-state index in [1.54, 1.807) is 12.1 Å². The fourth-order valence-electron chi connectivity index (χ4n) is 2.48. The van der Waals surface area contributed by atoms with Gasteiger partial charge in [-0.05, 0) is 12.1 Å². The molecular formula is C16H11FN6. The van der Waals surface area contributed by atoms with Crippen molar-refractivity contribution in [3.05, 3.63) is 54.5 Å². The Labute approximate surface area is 130 Å². The highest BCUT2D eigenvalue weighted by atomic mass is 19.1. The minimum absolute atomic E-state index is 0.0393. The third kappa shape index (κ3) is 2.18. The number of nitrogens with two attached hydrogens (primary N) is 1. The fourth-order valence-corrected chi connectivity index (χ4v) is 2.48. The molecule has 112 valence electrons. The van der Waals surface area contributed by atoms with Crippen LogP contribution in [0.3, 0.4) is 0 Å². The Morgan fingerprint density at radius 2 is 1.78 bits per heavy atom. The van der Waals surface area contributed by atoms with E-state index in [1.807, 2.05) is 30.3 Å². The normalized spacial score (nSPS) is 11.0. The molecule has 3 N–H and O–H groups in total. The molecule has 0 fully saturated rings. The maximum absolute atomic E-state index is 14.8. The zero-order chi connectivity index (χ0) is 15.8. The number of aromatic nitrogens is 5. The van der Waals surface area contributed by atoms with E-state index < -0.39 is 5.82 Å². The van der Waals surface area contributed by atoms with Gasteiger partial charge in [0.25, 0.3) is 0 Å². The SMILES string of the molecule is Nc1nnc(-c2ccc3[nH]ncc3c2F)c(-c2ccccc2)n1. The number of nitrogens with one attached hydrogen (secondary N) is 1. The fraction of sp³-hybridized carbons (Fsp3) is 0. The van der Waals surface area contributed by atoms with E-state index in [-0.39, 0.29) is 5.95 Å². The van der Waals surface area contributed by atoms with Crippen LogP contribution in [0.4, 0.5) is 10.3 Å². The van der Waals surface area contributed by atoms with Gasteiger partial charge in [-0.2, -0.15) is 5.10 Å². The summed E-state index contributed by atoms with van der Waals surface area (Å²) in [6.07, 6.45) is 1.44. The Kier molecular flexibility index (Phi) is 2.97. The zero-order valence-electron chi connectivity index (χ0n) is 11.9. The molecule has 0 amide bonds. The van der Waals surface area contributed by atoms with Gasteiger partial charge in [0.15, 0.2) is 0 Å². The molecule has 0 atom stereocenters. The topological polar surface area (TPSA) is 93.4 Å². The Balaban J connectivity index is 1.99. The molecule has 23 heavy (non-hydrogen) atoms. The number of nitrogen functional groups attached to an aromatic ring is 1. The number of anilines is 1. The molecule has 0 unspecified atom stereocenters. The van der Waals surface area contributed by atoms with Crippen molar-refractivity contribution < 1.29 is 4.39 Å². The number of H-pyrrole nitrogens is 1. The van der Waals surface area contributed by atoms with Gasteiger partial charge in [0.1, 0.15) is 17.2 Å². The predicted molar refractivity (Wildman–Crippen MR) is 84.7 cm³/mol. The molecule has 2 aromatic carbocycles. The largest absolute Gasteiger partial charge is 0.366 e. The van der Waals surface area contributed by atoms with Crippen LogP contribution in [0, 0.1) is 5.82 Å². The zero-order valence-corrected chi connectivity index (χ0v) is 11.9. The van der Waals surface area contributed by atoms with Crippen LogP contribution in [0.25, 0.3) is 33.4 Å². The number of nitrogens with zero attached hydrogens (tertiary/aromatic N) is 4. The summed E-state index contributed by atoms with van der Waals surface area (Å²) in [7, 11) is 0. The Bertz CT molecular complexity index is 996. The summed E-state index contributed by atoms with van der Waals surface area (Å²) in [5, 5.41) is 14.8. The van der Waals surface area contributed by atoms with Gasteiger partial charge < -0.3 is 5.73 Å². The van der Waals surface area contributed by atoms with E-state index in [0.717, 1.165) is 5.56 Å². The maximum Gasteiger partial charge on any atom is 0.240 e. The summed E-state index contributed by atoms with van der Waals surface area (Å²) in [6, 6.07) is 12.7. The van der Waals surface area contributed by atoms with Gasteiger partial charge in [0.05, 0.1) is 17.1 Å². The Morgan fingerprint density at radius 3 is 2.61 bits per heavy atom. The number of hydrogen-bond acceptors (Lipinski definition) is 5. The number of halogens is 1. The number of fused-ring (bicyclic) bond motifs is 1. The van der Waals surface area contributed by atoms with Crippen LogP contribution in [0.15, 0.2) is 48.7 Å². The lowest BCUT2D eigenvalue weighted by atomic mass is 10.0. The van der Waals surface area contributed by atoms with E-state index in [2.05, 4.69) is 25.4 Å². The van der Waals surface area contributed by atoms with Gasteiger partial charge in [-0.15, -0.1) is 10.2 Å². The second-order valence-corrected chi connectivity index (χ2v) is 4.99. The molecule has 0 spiro atoms. The third-order valence-electron chi connectivity index (χ3n) is 3.56. The highest BCUT2D eigenvalue weighted by Crippen LogP contribution is 2.32. The van der Waals surface area contributed by atoms with Crippen molar-refractivity contribution in [1.82, 2.24) is 25.4 Å². The average molecular weight is 306 g/mol. The summed E-state index contributed by atoms with van der Waals surface area (Å²) in [5.41, 5.74) is 8.19. The molecule has 6 nitrogen and oxygen atoms in total. The van der Waals surface area contributed by atoms with Gasteiger partial charge in [0, 0.05) is 11.1 Å². The number of benzene rings is 2. The van der Waals surface area contributed by atoms with Crippen LogP contribution in [0.1, 0.15) is 0 Å². The lowest BCUT2D eigenvalue weighted by Crippen LogP contribution is -2.03. The predicted octanol–water partition coefficient (Wildman–Crippen LogP) is 2.80. The molecule has 2 heterocycles. The van der Waals surface area contributed by atoms with E-state index >= 15 is 0 Å². The molecule has 0 saturated carbocycles. The van der Waals surface area contributed by atoms with E-state index in [0.29, 0.717) is 27.9 Å². The first-order valence-electron chi connectivity index (χ1n) is 6.91. The third-order valence-corrected chi connectivity index (χ3v) is 3.56. The van der Waals surface area contributed by atoms with Crippen molar-refractivity contribution >= 4 is 16.9 Å². The van der Waals surface area contributed by atoms with Gasteiger partial charge >= 0.3 is 0 Å². The highest BCUT2D eigenvalue weighted by molar-refractivity contribution is 5.87. The van der Waals surface area contributed by atoms with Crippen molar-refractivity contribution in [1.29, 1.82) is 0 Å². The minimum atomic E-state index is -0.422. The first-order chi connectivity index (χ1) is 11.2. The number of rotatable bonds is 2. The second kappa shape index (κ2) is 5.13. The highest BCUT2D eigenvalue weighted by Gasteiger charge is 2.18. The molecule has 4 aromatic rings. The molecule has 0 aliphatic heterocycles. The van der Waals surface area contributed by atoms with Crippen molar-refractivity contribution in [2.24, 2.45) is 0 Å². The van der Waals surface area contributed by atoms with E-state index in [1.165, 1.54) is 6.20 Å². The van der Waals surface area contributed by atoms with Crippen LogP contribution in [0.5, 0.6) is 0 Å². The lowest BCUT2D eigenvalue weighted by molar-refractivity contribution is 0.642. The van der Waals surface area contributed by atoms with Gasteiger partial charge in [0.2, 0.25) is 5.95 Å². The maximum atomic E-state index is 14.8. The van der Waals surface area contributed by atoms with Crippen molar-refractivity contribution in [2.75, 3.05) is 5.73 Å². The first-order valence-corrected chi connectivity index (χ1v) is 6.91. The summed E-state index contributed by atoms with van der Waals surface area (Å²) < 4.78 is 14.8. The summed E-state index contributed by atoms with van der Waals surface area (Å²) in [5.74, 6) is -0.383. The quantitative estimate of drug-likeness (QED) is 0.594. The van der Waals surface area contributed by atoms with Crippen molar-refractivity contribution in [2.45, 2.75) is 0 Å². The molecule has 0 aliphatic rings.